The van der Waals surface area contributed by atoms with Crippen molar-refractivity contribution >= 4 is 17.9 Å². The van der Waals surface area contributed by atoms with Gasteiger partial charge in [-0.3, -0.25) is 4.79 Å². The molecule has 3 atom stereocenters. The Morgan fingerprint density at radius 2 is 1.76 bits per heavy atom. The number of carbonyl (C=O) groups excluding carboxylic acids is 2. The topological polar surface area (TPSA) is 106 Å². The van der Waals surface area contributed by atoms with E-state index < -0.39 is 6.10 Å². The molecule has 1 aromatic carbocycles. The molecular weight excluding hydrogens is 486 g/mol. The third-order valence-corrected chi connectivity index (χ3v) is 7.55. The number of piperidine rings is 2. The monoisotopic (exact) mass is 523 g/mol. The lowest BCUT2D eigenvalue weighted by Crippen LogP contribution is -2.60. The Balaban J connectivity index is 1.21. The van der Waals surface area contributed by atoms with Gasteiger partial charge in [0.1, 0.15) is 12.7 Å². The maximum Gasteiger partial charge on any atom is 0.410 e. The van der Waals surface area contributed by atoms with Crippen LogP contribution in [0.2, 0.25) is 0 Å². The zero-order chi connectivity index (χ0) is 26.2. The number of benzene rings is 1. The van der Waals surface area contributed by atoms with E-state index in [4.69, 9.17) is 14.2 Å². The molecule has 4 heterocycles. The van der Waals surface area contributed by atoms with Crippen molar-refractivity contribution in [1.82, 2.24) is 20.2 Å². The first kappa shape index (κ1) is 26.4. The van der Waals surface area contributed by atoms with Crippen molar-refractivity contribution in [2.24, 2.45) is 0 Å². The number of nitrogens with zero attached hydrogens (tertiary/aromatic N) is 4. The van der Waals surface area contributed by atoms with E-state index in [1.807, 2.05) is 36.4 Å². The molecule has 2 amide bonds. The molecule has 2 aromatic rings. The van der Waals surface area contributed by atoms with E-state index in [2.05, 4.69) is 20.2 Å². The van der Waals surface area contributed by atoms with Crippen LogP contribution in [0.5, 0.6) is 0 Å². The standard InChI is InChI=1S/C28H37N5O5/c34-26(25-10-5-18-36-25)31-23-9-4-15-33(28(35)38-19-21-7-2-1-3-8-21)24(23)20-37-22-11-16-32(17-12-22)27-29-13-6-14-30-27/h1-3,6-8,13-14,22-25H,4-5,9-12,15-20H2,(H,31,34)/t23?,24?,25-/m0/s1. The zero-order valence-electron chi connectivity index (χ0n) is 21.7. The van der Waals surface area contributed by atoms with Gasteiger partial charge >= 0.3 is 6.09 Å². The number of anilines is 1. The van der Waals surface area contributed by atoms with Crippen LogP contribution in [0.4, 0.5) is 10.7 Å². The number of nitrogens with one attached hydrogen (secondary N) is 1. The summed E-state index contributed by atoms with van der Waals surface area (Å²) >= 11 is 0. The van der Waals surface area contributed by atoms with Crippen LogP contribution in [0.3, 0.4) is 0 Å². The Morgan fingerprint density at radius 3 is 2.50 bits per heavy atom. The molecule has 3 aliphatic rings. The third-order valence-electron chi connectivity index (χ3n) is 7.55. The van der Waals surface area contributed by atoms with E-state index in [1.54, 1.807) is 17.3 Å². The number of carbonyl (C=O) groups is 2. The molecule has 0 aliphatic carbocycles. The highest BCUT2D eigenvalue weighted by Crippen LogP contribution is 2.24. The molecule has 10 nitrogen and oxygen atoms in total. The minimum Gasteiger partial charge on any atom is -0.445 e. The van der Waals surface area contributed by atoms with Gasteiger partial charge in [0.15, 0.2) is 0 Å². The Labute approximate surface area is 223 Å². The first-order valence-corrected chi connectivity index (χ1v) is 13.7. The van der Waals surface area contributed by atoms with Crippen molar-refractivity contribution < 1.29 is 23.8 Å². The van der Waals surface area contributed by atoms with E-state index in [-0.39, 0.29) is 36.8 Å². The number of amides is 2. The van der Waals surface area contributed by atoms with Gasteiger partial charge < -0.3 is 29.3 Å². The molecule has 0 saturated carbocycles. The van der Waals surface area contributed by atoms with Gasteiger partial charge in [0.2, 0.25) is 11.9 Å². The lowest BCUT2D eigenvalue weighted by molar-refractivity contribution is -0.132. The highest BCUT2D eigenvalue weighted by molar-refractivity contribution is 5.81. The molecule has 0 spiro atoms. The van der Waals surface area contributed by atoms with Gasteiger partial charge in [-0.1, -0.05) is 30.3 Å². The Kier molecular flexibility index (Phi) is 9.03. The van der Waals surface area contributed by atoms with Gasteiger partial charge in [-0.05, 0) is 50.2 Å². The normalized spacial score (nSPS) is 24.3. The molecule has 2 unspecified atom stereocenters. The average Bonchev–Trinajstić information content (AvgIpc) is 3.52. The molecular formula is C28H37N5O5. The number of hydrogen-bond donors (Lipinski definition) is 1. The first-order valence-electron chi connectivity index (χ1n) is 13.7. The van der Waals surface area contributed by atoms with Crippen molar-refractivity contribution in [3.63, 3.8) is 0 Å². The van der Waals surface area contributed by atoms with E-state index in [0.29, 0.717) is 19.8 Å². The summed E-state index contributed by atoms with van der Waals surface area (Å²) in [5.74, 6) is 0.635. The van der Waals surface area contributed by atoms with Gasteiger partial charge in [0.25, 0.3) is 0 Å². The van der Waals surface area contributed by atoms with E-state index in [9.17, 15) is 9.59 Å². The Bertz CT molecular complexity index is 1030. The van der Waals surface area contributed by atoms with Gasteiger partial charge in [-0.25, -0.2) is 14.8 Å². The van der Waals surface area contributed by atoms with Crippen molar-refractivity contribution in [3.8, 4) is 0 Å². The number of aromatic nitrogens is 2. The third kappa shape index (κ3) is 6.79. The number of ether oxygens (including phenoxy) is 3. The second-order valence-electron chi connectivity index (χ2n) is 10.1. The maximum absolute atomic E-state index is 13.2. The smallest absolute Gasteiger partial charge is 0.410 e. The minimum absolute atomic E-state index is 0.0635. The molecule has 1 aromatic heterocycles. The van der Waals surface area contributed by atoms with Crippen LogP contribution >= 0.6 is 0 Å². The molecule has 1 N–H and O–H groups in total. The van der Waals surface area contributed by atoms with Crippen molar-refractivity contribution in [1.29, 1.82) is 0 Å². The van der Waals surface area contributed by atoms with Crippen LogP contribution in [-0.4, -0.2) is 84.0 Å². The second-order valence-corrected chi connectivity index (χ2v) is 10.1. The predicted octanol–water partition coefficient (Wildman–Crippen LogP) is 2.93. The highest BCUT2D eigenvalue weighted by Gasteiger charge is 2.38. The molecule has 3 aliphatic heterocycles. The molecule has 38 heavy (non-hydrogen) atoms. The summed E-state index contributed by atoms with van der Waals surface area (Å²) in [6.45, 7) is 3.33. The van der Waals surface area contributed by atoms with Crippen LogP contribution in [0.25, 0.3) is 0 Å². The van der Waals surface area contributed by atoms with Crippen LogP contribution < -0.4 is 10.2 Å². The average molecular weight is 524 g/mol. The van der Waals surface area contributed by atoms with Crippen LogP contribution in [0, 0.1) is 0 Å². The number of rotatable bonds is 8. The lowest BCUT2D eigenvalue weighted by atomic mass is 9.96. The fourth-order valence-electron chi connectivity index (χ4n) is 5.43. The van der Waals surface area contributed by atoms with E-state index >= 15 is 0 Å². The predicted molar refractivity (Wildman–Crippen MR) is 140 cm³/mol. The van der Waals surface area contributed by atoms with E-state index in [1.165, 1.54) is 0 Å². The number of hydrogen-bond acceptors (Lipinski definition) is 8. The first-order chi connectivity index (χ1) is 18.7. The van der Waals surface area contributed by atoms with Crippen LogP contribution in [-0.2, 0) is 25.6 Å². The van der Waals surface area contributed by atoms with Crippen LogP contribution in [0.1, 0.15) is 44.1 Å². The molecule has 10 heteroatoms. The van der Waals surface area contributed by atoms with Gasteiger partial charge in [-0.15, -0.1) is 0 Å². The summed E-state index contributed by atoms with van der Waals surface area (Å²) in [6, 6.07) is 10.9. The molecule has 3 saturated heterocycles. The summed E-state index contributed by atoms with van der Waals surface area (Å²) in [5.41, 5.74) is 0.933. The second kappa shape index (κ2) is 13.0. The largest absolute Gasteiger partial charge is 0.445 e. The van der Waals surface area contributed by atoms with Crippen molar-refractivity contribution in [2.75, 3.05) is 37.7 Å². The Hall–Kier alpha value is -3.24. The summed E-state index contributed by atoms with van der Waals surface area (Å²) in [5, 5.41) is 3.17. The highest BCUT2D eigenvalue weighted by atomic mass is 16.6. The SMILES string of the molecule is O=C(NC1CCCN(C(=O)OCc2ccccc2)C1COC1CCN(c2ncccn2)CC1)[C@@H]1CCCO1. The molecule has 5 rings (SSSR count). The fourth-order valence-corrected chi connectivity index (χ4v) is 5.43. The molecule has 0 radical (unpaired) electrons. The summed E-state index contributed by atoms with van der Waals surface area (Å²) < 4.78 is 17.7. The quantitative estimate of drug-likeness (QED) is 0.563. The Morgan fingerprint density at radius 1 is 0.974 bits per heavy atom. The molecule has 204 valence electrons. The zero-order valence-corrected chi connectivity index (χ0v) is 21.7. The molecule has 3 fully saturated rings. The minimum atomic E-state index is -0.415. The van der Waals surface area contributed by atoms with Crippen LogP contribution in [0.15, 0.2) is 48.8 Å². The lowest BCUT2D eigenvalue weighted by Gasteiger charge is -2.42. The van der Waals surface area contributed by atoms with Gasteiger partial charge in [0, 0.05) is 38.6 Å². The summed E-state index contributed by atoms with van der Waals surface area (Å²) in [4.78, 5) is 38.7. The van der Waals surface area contributed by atoms with Crippen molar-refractivity contribution in [2.45, 2.75) is 69.4 Å². The molecule has 0 bridgehead atoms. The van der Waals surface area contributed by atoms with E-state index in [0.717, 1.165) is 63.1 Å². The number of likely N-dealkylation sites (tertiary alicyclic amines) is 1. The summed E-state index contributed by atoms with van der Waals surface area (Å²) in [6.07, 6.45) is 7.64. The van der Waals surface area contributed by atoms with Crippen molar-refractivity contribution in [3.05, 3.63) is 54.4 Å². The van der Waals surface area contributed by atoms with Gasteiger partial charge in [0.05, 0.1) is 24.8 Å². The van der Waals surface area contributed by atoms with Gasteiger partial charge in [-0.2, -0.15) is 0 Å². The maximum atomic E-state index is 13.2. The fraction of sp³-hybridized carbons (Fsp3) is 0.571. The summed E-state index contributed by atoms with van der Waals surface area (Å²) in [7, 11) is 0.